The first-order chi connectivity index (χ1) is 8.48. The van der Waals surface area contributed by atoms with Gasteiger partial charge in [0.2, 0.25) is 5.91 Å². The Hall–Kier alpha value is -1.88. The van der Waals surface area contributed by atoms with Crippen LogP contribution >= 0.6 is 0 Å². The van der Waals surface area contributed by atoms with E-state index in [0.717, 1.165) is 0 Å². The predicted octanol–water partition coefficient (Wildman–Crippen LogP) is 1.47. The lowest BCUT2D eigenvalue weighted by molar-refractivity contribution is -0.144. The van der Waals surface area contributed by atoms with E-state index < -0.39 is 11.5 Å². The normalized spacial score (nSPS) is 13.7. The molecule has 0 bridgehead atoms. The lowest BCUT2D eigenvalue weighted by atomic mass is 9.99. The number of hydrogen-bond acceptors (Lipinski definition) is 3. The first-order valence-electron chi connectivity index (χ1n) is 5.81. The number of aliphatic carboxylic acids is 1. The largest absolute Gasteiger partial charge is 0.480 e. The third kappa shape index (κ3) is 3.85. The maximum atomic E-state index is 11.6. The van der Waals surface area contributed by atoms with Crippen molar-refractivity contribution in [1.82, 2.24) is 5.32 Å². The smallest absolute Gasteiger partial charge is 0.323 e. The molecule has 0 radical (unpaired) electrons. The summed E-state index contributed by atoms with van der Waals surface area (Å²) >= 11 is 0. The topological polar surface area (TPSA) is 78.4 Å². The number of carboxylic acids is 1. The van der Waals surface area contributed by atoms with Crippen LogP contribution in [-0.4, -0.2) is 29.1 Å². The van der Waals surface area contributed by atoms with Gasteiger partial charge >= 0.3 is 5.97 Å². The Morgan fingerprint density at radius 2 is 1.89 bits per heavy atom. The summed E-state index contributed by atoms with van der Waals surface area (Å²) in [5.74, 6) is -1.22. The second-order valence-electron chi connectivity index (χ2n) is 4.26. The molecule has 0 aliphatic rings. The molecular weight excluding hydrogens is 232 g/mol. The molecule has 18 heavy (non-hydrogen) atoms. The molecule has 1 atom stereocenters. The number of carboxylic acid groups (broad SMARTS) is 1. The van der Waals surface area contributed by atoms with E-state index in [-0.39, 0.29) is 12.5 Å². The quantitative estimate of drug-likeness (QED) is 0.714. The van der Waals surface area contributed by atoms with Gasteiger partial charge in [0.1, 0.15) is 5.54 Å². The number of hydrogen-bond donors (Lipinski definition) is 3. The average Bonchev–Trinajstić information content (AvgIpc) is 2.37. The zero-order chi connectivity index (χ0) is 13.6. The van der Waals surface area contributed by atoms with Gasteiger partial charge in [0, 0.05) is 5.69 Å². The average molecular weight is 250 g/mol. The van der Waals surface area contributed by atoms with Gasteiger partial charge in [-0.2, -0.15) is 0 Å². The van der Waals surface area contributed by atoms with E-state index in [4.69, 9.17) is 5.11 Å². The second kappa shape index (κ2) is 6.16. The fourth-order valence-electron chi connectivity index (χ4n) is 1.35. The third-order valence-corrected chi connectivity index (χ3v) is 2.88. The summed E-state index contributed by atoms with van der Waals surface area (Å²) in [4.78, 5) is 22.7. The number of nitrogens with one attached hydrogen (secondary N) is 2. The Balaban J connectivity index is 2.49. The molecule has 1 amide bonds. The number of rotatable bonds is 6. The van der Waals surface area contributed by atoms with Gasteiger partial charge in [-0.3, -0.25) is 14.9 Å². The molecule has 0 aliphatic heterocycles. The van der Waals surface area contributed by atoms with Gasteiger partial charge in [0.05, 0.1) is 6.54 Å². The molecule has 0 saturated carbocycles. The lowest BCUT2D eigenvalue weighted by Gasteiger charge is -2.24. The van der Waals surface area contributed by atoms with E-state index in [1.807, 2.05) is 18.2 Å². The van der Waals surface area contributed by atoms with Gasteiger partial charge in [0.15, 0.2) is 0 Å². The van der Waals surface area contributed by atoms with Crippen molar-refractivity contribution in [2.45, 2.75) is 25.8 Å². The SMILES string of the molecule is CCC(C)(NCC(=O)Nc1ccccc1)C(=O)O. The van der Waals surface area contributed by atoms with Crippen LogP contribution in [0.25, 0.3) is 0 Å². The highest BCUT2D eigenvalue weighted by molar-refractivity contribution is 5.92. The number of amides is 1. The zero-order valence-corrected chi connectivity index (χ0v) is 10.6. The minimum atomic E-state index is -1.08. The van der Waals surface area contributed by atoms with Crippen molar-refractivity contribution in [3.63, 3.8) is 0 Å². The van der Waals surface area contributed by atoms with Crippen molar-refractivity contribution in [2.24, 2.45) is 0 Å². The monoisotopic (exact) mass is 250 g/mol. The summed E-state index contributed by atoms with van der Waals surface area (Å²) in [6.07, 6.45) is 0.404. The van der Waals surface area contributed by atoms with Crippen molar-refractivity contribution in [3.05, 3.63) is 30.3 Å². The zero-order valence-electron chi connectivity index (χ0n) is 10.6. The number of para-hydroxylation sites is 1. The van der Waals surface area contributed by atoms with Gasteiger partial charge in [-0.15, -0.1) is 0 Å². The maximum Gasteiger partial charge on any atom is 0.323 e. The van der Waals surface area contributed by atoms with E-state index in [1.54, 1.807) is 26.0 Å². The molecule has 0 heterocycles. The molecular formula is C13H18N2O3. The minimum absolute atomic E-state index is 0.0362. The molecule has 98 valence electrons. The Bertz CT molecular complexity index is 420. The van der Waals surface area contributed by atoms with Crippen molar-refractivity contribution >= 4 is 17.6 Å². The molecule has 5 nitrogen and oxygen atoms in total. The molecule has 5 heteroatoms. The molecule has 1 unspecified atom stereocenters. The Morgan fingerprint density at radius 3 is 2.39 bits per heavy atom. The molecule has 0 saturated heterocycles. The fraction of sp³-hybridized carbons (Fsp3) is 0.385. The van der Waals surface area contributed by atoms with E-state index in [0.29, 0.717) is 12.1 Å². The molecule has 1 aromatic carbocycles. The van der Waals surface area contributed by atoms with E-state index in [9.17, 15) is 9.59 Å². The van der Waals surface area contributed by atoms with Crippen molar-refractivity contribution in [1.29, 1.82) is 0 Å². The van der Waals surface area contributed by atoms with E-state index in [2.05, 4.69) is 10.6 Å². The van der Waals surface area contributed by atoms with Gasteiger partial charge in [-0.1, -0.05) is 25.1 Å². The second-order valence-corrected chi connectivity index (χ2v) is 4.26. The van der Waals surface area contributed by atoms with Gasteiger partial charge in [-0.05, 0) is 25.5 Å². The van der Waals surface area contributed by atoms with Crippen LogP contribution in [0, 0.1) is 0 Å². The molecule has 3 N–H and O–H groups in total. The van der Waals surface area contributed by atoms with Gasteiger partial charge < -0.3 is 10.4 Å². The molecule has 0 aromatic heterocycles. The number of carbonyl (C=O) groups is 2. The lowest BCUT2D eigenvalue weighted by Crippen LogP contribution is -2.51. The minimum Gasteiger partial charge on any atom is -0.480 e. The Labute approximate surface area is 106 Å². The summed E-state index contributed by atoms with van der Waals surface area (Å²) in [7, 11) is 0. The summed E-state index contributed by atoms with van der Waals surface area (Å²) in [5.41, 5.74) is -0.383. The van der Waals surface area contributed by atoms with Gasteiger partial charge in [-0.25, -0.2) is 0 Å². The number of anilines is 1. The van der Waals surface area contributed by atoms with Crippen LogP contribution in [0.3, 0.4) is 0 Å². The third-order valence-electron chi connectivity index (χ3n) is 2.88. The molecule has 1 rings (SSSR count). The number of benzene rings is 1. The van der Waals surface area contributed by atoms with Crippen LogP contribution in [0.2, 0.25) is 0 Å². The summed E-state index contributed by atoms with van der Waals surface area (Å²) in [6.45, 7) is 3.28. The summed E-state index contributed by atoms with van der Waals surface area (Å²) in [6, 6.07) is 9.03. The molecule has 0 spiro atoms. The Kier molecular flexibility index (Phi) is 4.85. The van der Waals surface area contributed by atoms with Crippen LogP contribution in [0.4, 0.5) is 5.69 Å². The highest BCUT2D eigenvalue weighted by atomic mass is 16.4. The Morgan fingerprint density at radius 1 is 1.28 bits per heavy atom. The first-order valence-corrected chi connectivity index (χ1v) is 5.81. The van der Waals surface area contributed by atoms with Crippen LogP contribution in [0.1, 0.15) is 20.3 Å². The van der Waals surface area contributed by atoms with Crippen LogP contribution < -0.4 is 10.6 Å². The van der Waals surface area contributed by atoms with E-state index >= 15 is 0 Å². The van der Waals surface area contributed by atoms with Crippen LogP contribution in [0.5, 0.6) is 0 Å². The van der Waals surface area contributed by atoms with Crippen LogP contribution in [0.15, 0.2) is 30.3 Å². The van der Waals surface area contributed by atoms with Crippen molar-refractivity contribution in [3.8, 4) is 0 Å². The molecule has 0 aliphatic carbocycles. The highest BCUT2D eigenvalue weighted by Gasteiger charge is 2.30. The number of carbonyl (C=O) groups excluding carboxylic acids is 1. The van der Waals surface area contributed by atoms with Crippen molar-refractivity contribution in [2.75, 3.05) is 11.9 Å². The first kappa shape index (κ1) is 14.2. The predicted molar refractivity (Wildman–Crippen MR) is 69.4 cm³/mol. The molecule has 0 fully saturated rings. The van der Waals surface area contributed by atoms with Crippen molar-refractivity contribution < 1.29 is 14.7 Å². The van der Waals surface area contributed by atoms with Crippen LogP contribution in [-0.2, 0) is 9.59 Å². The highest BCUT2D eigenvalue weighted by Crippen LogP contribution is 2.09. The summed E-state index contributed by atoms with van der Waals surface area (Å²) < 4.78 is 0. The standard InChI is InChI=1S/C13H18N2O3/c1-3-13(2,12(17)18)14-9-11(16)15-10-7-5-4-6-8-10/h4-8,14H,3,9H2,1-2H3,(H,15,16)(H,17,18). The molecule has 1 aromatic rings. The summed E-state index contributed by atoms with van der Waals surface area (Å²) in [5, 5.41) is 14.5. The maximum absolute atomic E-state index is 11.6. The fourth-order valence-corrected chi connectivity index (χ4v) is 1.35. The van der Waals surface area contributed by atoms with E-state index in [1.165, 1.54) is 0 Å². The van der Waals surface area contributed by atoms with Gasteiger partial charge in [0.25, 0.3) is 0 Å².